The third kappa shape index (κ3) is 3.64. The monoisotopic (exact) mass is 233 g/mol. The summed E-state index contributed by atoms with van der Waals surface area (Å²) < 4.78 is 0. The van der Waals surface area contributed by atoms with E-state index in [0.29, 0.717) is 0 Å². The summed E-state index contributed by atoms with van der Waals surface area (Å²) in [5.41, 5.74) is 11.1. The third-order valence-corrected chi connectivity index (χ3v) is 5.03. The fourth-order valence-corrected chi connectivity index (χ4v) is 0. The molecule has 0 aliphatic rings. The molecule has 0 saturated heterocycles. The molecule has 0 saturated carbocycles. The zero-order valence-electron chi connectivity index (χ0n) is 4.56. The Kier molecular flexibility index (Phi) is 2.97. The highest BCUT2D eigenvalue weighted by molar-refractivity contribution is 14.2. The van der Waals surface area contributed by atoms with Crippen molar-refractivity contribution < 1.29 is 0 Å². The van der Waals surface area contributed by atoms with Gasteiger partial charge < -0.3 is 0 Å². The molecular weight excluding hydrogens is 222 g/mol. The first-order valence-corrected chi connectivity index (χ1v) is 7.20. The molecule has 7 heavy (non-hydrogen) atoms. The first-order chi connectivity index (χ1) is 2.94. The molecule has 0 aromatic heterocycles. The Morgan fingerprint density at radius 2 is 1.86 bits per heavy atom. The van der Waals surface area contributed by atoms with E-state index in [9.17, 15) is 0 Å². The molecule has 0 spiro atoms. The molecule has 0 radical (unpaired) electrons. The molecule has 0 aromatic carbocycles. The van der Waals surface area contributed by atoms with Gasteiger partial charge in [0.15, 0.2) is 27.1 Å². The van der Waals surface area contributed by atoms with Crippen LogP contribution in [0.4, 0.5) is 0 Å². The summed E-state index contributed by atoms with van der Waals surface area (Å²) in [6.07, 6.45) is 0. The zero-order chi connectivity index (χ0) is 6.08. The number of halogens is 1. The molecule has 0 heterocycles. The number of nitrogens with two attached hydrogens (primary N) is 2. The largest absolute Gasteiger partial charge is 0.295 e. The molecule has 2 atom stereocenters. The Balaban J connectivity index is 3.54. The van der Waals surface area contributed by atoms with E-state index < -0.39 is 5.06 Å². The first-order valence-electron chi connectivity index (χ1n) is 2.04. The van der Waals surface area contributed by atoms with Gasteiger partial charge in [0.25, 0.3) is 0 Å². The van der Waals surface area contributed by atoms with Crippen LogP contribution in [0.2, 0.25) is 0 Å². The van der Waals surface area contributed by atoms with E-state index in [1.54, 1.807) is 0 Å². The molecule has 0 aromatic rings. The maximum Gasteiger partial charge on any atom is 0.177 e. The van der Waals surface area contributed by atoms with Gasteiger partial charge in [-0.1, -0.05) is 0 Å². The molecule has 44 valence electrons. The van der Waals surface area contributed by atoms with E-state index in [1.807, 2.05) is 13.6 Å². The SMILES string of the molecule is CC(N)[P+](C)(N)I. The van der Waals surface area contributed by atoms with Crippen LogP contribution in [0.3, 0.4) is 0 Å². The van der Waals surface area contributed by atoms with Crippen molar-refractivity contribution in [1.29, 1.82) is 0 Å². The lowest BCUT2D eigenvalue weighted by Gasteiger charge is -2.10. The predicted octanol–water partition coefficient (Wildman–Crippen LogP) is 1.16. The summed E-state index contributed by atoms with van der Waals surface area (Å²) in [5.74, 6) is 0.174. The maximum atomic E-state index is 5.65. The maximum absolute atomic E-state index is 5.65. The quantitative estimate of drug-likeness (QED) is 0.527. The highest BCUT2D eigenvalue weighted by Crippen LogP contribution is 2.57. The molecule has 0 fully saturated rings. The van der Waals surface area contributed by atoms with Gasteiger partial charge in [0.2, 0.25) is 0 Å². The predicted molar refractivity (Wildman–Crippen MR) is 44.7 cm³/mol. The van der Waals surface area contributed by atoms with Gasteiger partial charge in [-0.3, -0.25) is 5.73 Å². The Labute approximate surface area is 57.9 Å². The summed E-state index contributed by atoms with van der Waals surface area (Å²) >= 11 is 2.23. The van der Waals surface area contributed by atoms with Crippen LogP contribution in [-0.2, 0) is 0 Å². The molecule has 0 aliphatic carbocycles. The Morgan fingerprint density at radius 1 is 1.71 bits per heavy atom. The van der Waals surface area contributed by atoms with Crippen LogP contribution in [0, 0.1) is 0 Å². The van der Waals surface area contributed by atoms with E-state index in [-0.39, 0.29) is 5.78 Å². The van der Waals surface area contributed by atoms with Gasteiger partial charge in [-0.05, 0) is 6.92 Å². The van der Waals surface area contributed by atoms with Crippen LogP contribution < -0.4 is 11.2 Å². The second kappa shape index (κ2) is 2.58. The molecule has 0 rings (SSSR count). The molecule has 0 aliphatic heterocycles. The van der Waals surface area contributed by atoms with Gasteiger partial charge in [0.1, 0.15) is 5.78 Å². The lowest BCUT2D eigenvalue weighted by molar-refractivity contribution is 1.02. The van der Waals surface area contributed by atoms with Crippen LogP contribution >= 0.6 is 27.1 Å². The van der Waals surface area contributed by atoms with Crippen molar-refractivity contribution >= 4 is 27.1 Å². The zero-order valence-corrected chi connectivity index (χ0v) is 7.61. The van der Waals surface area contributed by atoms with Crippen molar-refractivity contribution in [2.24, 2.45) is 11.2 Å². The van der Waals surface area contributed by atoms with Crippen molar-refractivity contribution in [3.05, 3.63) is 0 Å². The number of hydrogen-bond acceptors (Lipinski definition) is 2. The Morgan fingerprint density at radius 3 is 1.86 bits per heavy atom. The highest BCUT2D eigenvalue weighted by atomic mass is 127. The first kappa shape index (κ1) is 8.08. The van der Waals surface area contributed by atoms with Crippen LogP contribution in [-0.4, -0.2) is 12.4 Å². The average Bonchev–Trinajstić information content (AvgIpc) is 1.31. The van der Waals surface area contributed by atoms with Crippen molar-refractivity contribution in [3.63, 3.8) is 0 Å². The topological polar surface area (TPSA) is 52.0 Å². The minimum Gasteiger partial charge on any atom is -0.295 e. The Hall–Kier alpha value is 1.08. The standard InChI is InChI=1S/C3H11IN2P/c1-3(5)7(2,4)6/h3H,5-6H2,1-2H3/q+1. The third-order valence-electron chi connectivity index (χ3n) is 0.796. The summed E-state index contributed by atoms with van der Waals surface area (Å²) in [6.45, 7) is 3.96. The molecule has 0 bridgehead atoms. The fourth-order valence-electron chi connectivity index (χ4n) is 0. The summed E-state index contributed by atoms with van der Waals surface area (Å²) in [7, 11) is 0. The van der Waals surface area contributed by atoms with E-state index in [4.69, 9.17) is 11.2 Å². The van der Waals surface area contributed by atoms with Crippen LogP contribution in [0.5, 0.6) is 0 Å². The van der Waals surface area contributed by atoms with Gasteiger partial charge in [-0.25, -0.2) is 0 Å². The van der Waals surface area contributed by atoms with E-state index in [1.165, 1.54) is 0 Å². The fraction of sp³-hybridized carbons (Fsp3) is 1.00. The van der Waals surface area contributed by atoms with Crippen molar-refractivity contribution in [2.45, 2.75) is 12.7 Å². The van der Waals surface area contributed by atoms with E-state index in [2.05, 4.69) is 22.0 Å². The normalized spacial score (nSPS) is 23.6. The van der Waals surface area contributed by atoms with Crippen molar-refractivity contribution in [1.82, 2.24) is 0 Å². The molecule has 2 unspecified atom stereocenters. The number of hydrogen-bond donors (Lipinski definition) is 2. The van der Waals surface area contributed by atoms with E-state index in [0.717, 1.165) is 0 Å². The minimum absolute atomic E-state index is 0.174. The van der Waals surface area contributed by atoms with Crippen LogP contribution in [0.15, 0.2) is 0 Å². The van der Waals surface area contributed by atoms with Crippen LogP contribution in [0.1, 0.15) is 6.92 Å². The summed E-state index contributed by atoms with van der Waals surface area (Å²) in [5, 5.41) is -1.24. The lowest BCUT2D eigenvalue weighted by atomic mass is 10.8. The molecule has 4 heteroatoms. The van der Waals surface area contributed by atoms with Gasteiger partial charge in [-0.2, -0.15) is 5.50 Å². The van der Waals surface area contributed by atoms with Gasteiger partial charge in [0, 0.05) is 0 Å². The average molecular weight is 233 g/mol. The second-order valence-corrected chi connectivity index (χ2v) is 10.9. The second-order valence-electron chi connectivity index (χ2n) is 1.77. The van der Waals surface area contributed by atoms with Gasteiger partial charge >= 0.3 is 0 Å². The molecular formula is C3H11IN2P+. The summed E-state index contributed by atoms with van der Waals surface area (Å²) in [6, 6.07) is 0. The van der Waals surface area contributed by atoms with Crippen molar-refractivity contribution in [2.75, 3.05) is 6.66 Å². The smallest absolute Gasteiger partial charge is 0.177 e. The summed E-state index contributed by atoms with van der Waals surface area (Å²) in [4.78, 5) is 0. The molecule has 2 nitrogen and oxygen atoms in total. The van der Waals surface area contributed by atoms with E-state index >= 15 is 0 Å². The lowest BCUT2D eigenvalue weighted by Crippen LogP contribution is -2.20. The molecule has 4 N–H and O–H groups in total. The van der Waals surface area contributed by atoms with Gasteiger partial charge in [0.05, 0.1) is 6.66 Å². The highest BCUT2D eigenvalue weighted by Gasteiger charge is 2.27. The Bertz CT molecular complexity index is 58.4. The number of rotatable bonds is 1. The van der Waals surface area contributed by atoms with Gasteiger partial charge in [-0.15, -0.1) is 0 Å². The molecule has 0 amide bonds. The van der Waals surface area contributed by atoms with Crippen LogP contribution in [0.25, 0.3) is 0 Å². The minimum atomic E-state index is -1.24. The van der Waals surface area contributed by atoms with Crippen molar-refractivity contribution in [3.8, 4) is 0 Å².